The van der Waals surface area contributed by atoms with Gasteiger partial charge in [-0.3, -0.25) is 9.69 Å². The predicted octanol–water partition coefficient (Wildman–Crippen LogP) is 3.90. The second kappa shape index (κ2) is 10.6. The summed E-state index contributed by atoms with van der Waals surface area (Å²) in [4.78, 5) is 28.8. The Bertz CT molecular complexity index is 1210. The number of nitrogens with one attached hydrogen (secondary N) is 1. The summed E-state index contributed by atoms with van der Waals surface area (Å²) >= 11 is 0. The summed E-state index contributed by atoms with van der Waals surface area (Å²) in [6, 6.07) is 13.9. The molecule has 194 valence electrons. The molecule has 8 nitrogen and oxygen atoms in total. The molecule has 1 N–H and O–H groups in total. The monoisotopic (exact) mass is 513 g/mol. The molecule has 0 spiro atoms. The highest BCUT2D eigenvalue weighted by atomic mass is 32.2. The molecule has 2 aliphatic rings. The van der Waals surface area contributed by atoms with E-state index < -0.39 is 15.9 Å². The molecule has 2 aromatic rings. The number of rotatable bonds is 5. The maximum atomic E-state index is 12.4. The first-order chi connectivity index (χ1) is 17.0. The Kier molecular flexibility index (Phi) is 7.70. The smallest absolute Gasteiger partial charge is 0.407 e. The van der Waals surface area contributed by atoms with Gasteiger partial charge in [0.25, 0.3) is 0 Å². The third-order valence-electron chi connectivity index (χ3n) is 6.78. The number of anilines is 1. The number of nitrogens with zero attached hydrogens (tertiary/aromatic N) is 2. The molecular formula is C27H35N3O5S. The second-order valence-corrected chi connectivity index (χ2v) is 12.3. The van der Waals surface area contributed by atoms with E-state index in [-0.39, 0.29) is 35.6 Å². The van der Waals surface area contributed by atoms with Crippen molar-refractivity contribution in [3.63, 3.8) is 0 Å². The van der Waals surface area contributed by atoms with Crippen molar-refractivity contribution in [2.45, 2.75) is 58.8 Å². The molecule has 1 saturated heterocycles. The van der Waals surface area contributed by atoms with Gasteiger partial charge in [-0.2, -0.15) is 0 Å². The van der Waals surface area contributed by atoms with E-state index in [0.717, 1.165) is 34.5 Å². The van der Waals surface area contributed by atoms with E-state index in [2.05, 4.69) is 34.5 Å². The van der Waals surface area contributed by atoms with Crippen molar-refractivity contribution in [3.8, 4) is 11.1 Å². The van der Waals surface area contributed by atoms with Gasteiger partial charge in [0.15, 0.2) is 9.84 Å². The Balaban J connectivity index is 1.56. The molecule has 0 unspecified atom stereocenters. The molecule has 2 aromatic carbocycles. The molecule has 2 aliphatic heterocycles. The van der Waals surface area contributed by atoms with Crippen molar-refractivity contribution in [1.29, 1.82) is 0 Å². The predicted molar refractivity (Wildman–Crippen MR) is 141 cm³/mol. The number of sulfone groups is 1. The standard InChI is InChI=1S/C27H35N3O5S/c1-18(2)35-27(32)28-25-15-19(3)30(20(4)31)26-10-9-23(16-24(25)26)22-7-5-21(6-8-22)17-29-11-13-36(33,34)14-12-29/h5-10,16,18-19,25H,11-15,17H2,1-4H3,(H,28,32)/t19-,25+/m0/s1. The molecule has 9 heteroatoms. The summed E-state index contributed by atoms with van der Waals surface area (Å²) in [6.45, 7) is 9.01. The van der Waals surface area contributed by atoms with Gasteiger partial charge in [-0.1, -0.05) is 30.3 Å². The summed E-state index contributed by atoms with van der Waals surface area (Å²) in [6.07, 6.45) is -0.101. The molecule has 0 aliphatic carbocycles. The number of fused-ring (bicyclic) bond motifs is 1. The van der Waals surface area contributed by atoms with Gasteiger partial charge in [0.1, 0.15) is 0 Å². The van der Waals surface area contributed by atoms with Crippen LogP contribution in [-0.4, -0.2) is 62.1 Å². The normalized spacial score (nSPS) is 21.6. The average molecular weight is 514 g/mol. The Morgan fingerprint density at radius 1 is 1.06 bits per heavy atom. The molecule has 2 atom stereocenters. The molecule has 0 radical (unpaired) electrons. The van der Waals surface area contributed by atoms with Crippen LogP contribution in [0.25, 0.3) is 11.1 Å². The van der Waals surface area contributed by atoms with Gasteiger partial charge in [0, 0.05) is 38.3 Å². The van der Waals surface area contributed by atoms with E-state index in [1.165, 1.54) is 0 Å². The minimum absolute atomic E-state index is 0.0328. The Morgan fingerprint density at radius 2 is 1.69 bits per heavy atom. The van der Waals surface area contributed by atoms with Crippen LogP contribution in [-0.2, 0) is 25.9 Å². The van der Waals surface area contributed by atoms with Gasteiger partial charge in [0.05, 0.1) is 23.7 Å². The fourth-order valence-corrected chi connectivity index (χ4v) is 6.30. The Hall–Kier alpha value is -2.91. The largest absolute Gasteiger partial charge is 0.447 e. The average Bonchev–Trinajstić information content (AvgIpc) is 2.80. The van der Waals surface area contributed by atoms with E-state index in [1.807, 2.05) is 39.0 Å². The van der Waals surface area contributed by atoms with Crippen LogP contribution in [0.4, 0.5) is 10.5 Å². The van der Waals surface area contributed by atoms with Crippen molar-refractivity contribution in [2.24, 2.45) is 0 Å². The molecule has 2 amide bonds. The minimum atomic E-state index is -2.89. The lowest BCUT2D eigenvalue weighted by Gasteiger charge is -2.39. The molecule has 0 aromatic heterocycles. The first-order valence-corrected chi connectivity index (χ1v) is 14.3. The molecular weight excluding hydrogens is 478 g/mol. The summed E-state index contributed by atoms with van der Waals surface area (Å²) in [5.41, 5.74) is 4.84. The zero-order valence-corrected chi connectivity index (χ0v) is 22.2. The molecule has 4 rings (SSSR count). The molecule has 0 bridgehead atoms. The number of alkyl carbamates (subject to hydrolysis) is 1. The van der Waals surface area contributed by atoms with Crippen LogP contribution in [0.5, 0.6) is 0 Å². The quantitative estimate of drug-likeness (QED) is 0.651. The highest BCUT2D eigenvalue weighted by Crippen LogP contribution is 2.39. The summed E-state index contributed by atoms with van der Waals surface area (Å²) in [5, 5.41) is 2.99. The lowest BCUT2D eigenvalue weighted by atomic mass is 9.89. The zero-order chi connectivity index (χ0) is 26.0. The van der Waals surface area contributed by atoms with E-state index in [0.29, 0.717) is 19.5 Å². The van der Waals surface area contributed by atoms with Gasteiger partial charge in [0.2, 0.25) is 5.91 Å². The number of hydrogen-bond acceptors (Lipinski definition) is 6. The van der Waals surface area contributed by atoms with E-state index >= 15 is 0 Å². The van der Waals surface area contributed by atoms with Crippen molar-refractivity contribution in [1.82, 2.24) is 10.2 Å². The molecule has 0 saturated carbocycles. The highest BCUT2D eigenvalue weighted by molar-refractivity contribution is 7.91. The zero-order valence-electron chi connectivity index (χ0n) is 21.4. The maximum absolute atomic E-state index is 12.4. The van der Waals surface area contributed by atoms with Gasteiger partial charge in [-0.25, -0.2) is 13.2 Å². The summed E-state index contributed by atoms with van der Waals surface area (Å²) in [5.74, 6) is 0.404. The SMILES string of the molecule is CC(=O)N1c2ccc(-c3ccc(CN4CCS(=O)(=O)CC4)cc3)cc2[C@H](NC(=O)OC(C)C)C[C@@H]1C. The van der Waals surface area contributed by atoms with Crippen LogP contribution in [0.3, 0.4) is 0 Å². The number of hydrogen-bond donors (Lipinski definition) is 1. The first-order valence-electron chi connectivity index (χ1n) is 12.5. The second-order valence-electron chi connectivity index (χ2n) is 10.0. The van der Waals surface area contributed by atoms with Gasteiger partial charge in [-0.15, -0.1) is 0 Å². The van der Waals surface area contributed by atoms with Crippen LogP contribution in [0.15, 0.2) is 42.5 Å². The van der Waals surface area contributed by atoms with E-state index in [1.54, 1.807) is 11.8 Å². The first kappa shape index (κ1) is 26.2. The fourth-order valence-electron chi connectivity index (χ4n) is 5.02. The highest BCUT2D eigenvalue weighted by Gasteiger charge is 2.34. The van der Waals surface area contributed by atoms with Gasteiger partial charge < -0.3 is 15.0 Å². The topological polar surface area (TPSA) is 96.0 Å². The van der Waals surface area contributed by atoms with Crippen LogP contribution in [0.1, 0.15) is 51.3 Å². The summed E-state index contributed by atoms with van der Waals surface area (Å²) < 4.78 is 28.7. The van der Waals surface area contributed by atoms with Crippen LogP contribution in [0, 0.1) is 0 Å². The lowest BCUT2D eigenvalue weighted by Crippen LogP contribution is -2.45. The number of carbonyl (C=O) groups is 2. The number of ether oxygens (including phenoxy) is 1. The number of benzene rings is 2. The Labute approximate surface area is 213 Å². The van der Waals surface area contributed by atoms with Crippen molar-refractivity contribution in [3.05, 3.63) is 53.6 Å². The Morgan fingerprint density at radius 3 is 2.31 bits per heavy atom. The van der Waals surface area contributed by atoms with Crippen LogP contribution < -0.4 is 10.2 Å². The number of amides is 2. The minimum Gasteiger partial charge on any atom is -0.447 e. The third-order valence-corrected chi connectivity index (χ3v) is 8.39. The fraction of sp³-hybridized carbons (Fsp3) is 0.481. The summed E-state index contributed by atoms with van der Waals surface area (Å²) in [7, 11) is -2.89. The third kappa shape index (κ3) is 6.07. The number of carbonyl (C=O) groups excluding carboxylic acids is 2. The van der Waals surface area contributed by atoms with Crippen molar-refractivity contribution >= 4 is 27.5 Å². The van der Waals surface area contributed by atoms with Crippen LogP contribution in [0.2, 0.25) is 0 Å². The van der Waals surface area contributed by atoms with E-state index in [9.17, 15) is 18.0 Å². The molecule has 1 fully saturated rings. The lowest BCUT2D eigenvalue weighted by molar-refractivity contribution is -0.117. The van der Waals surface area contributed by atoms with E-state index in [4.69, 9.17) is 4.74 Å². The van der Waals surface area contributed by atoms with Crippen LogP contribution >= 0.6 is 0 Å². The molecule has 36 heavy (non-hydrogen) atoms. The van der Waals surface area contributed by atoms with Crippen molar-refractivity contribution < 1.29 is 22.7 Å². The van der Waals surface area contributed by atoms with Crippen molar-refractivity contribution in [2.75, 3.05) is 29.5 Å². The van der Waals surface area contributed by atoms with Gasteiger partial charge >= 0.3 is 6.09 Å². The molecule has 2 heterocycles. The maximum Gasteiger partial charge on any atom is 0.407 e. The van der Waals surface area contributed by atoms with Gasteiger partial charge in [-0.05, 0) is 61.6 Å².